The maximum Gasteiger partial charge on any atom is 0.314 e. The second-order valence-electron chi connectivity index (χ2n) is 6.19. The fourth-order valence-electron chi connectivity index (χ4n) is 3.10. The molecule has 1 aliphatic heterocycles. The fourth-order valence-corrected chi connectivity index (χ4v) is 3.10. The van der Waals surface area contributed by atoms with Crippen molar-refractivity contribution in [2.45, 2.75) is 18.9 Å². The molecule has 3 aromatic rings. The number of hydrogen-bond donors (Lipinski definition) is 2. The van der Waals surface area contributed by atoms with Crippen LogP contribution in [-0.2, 0) is 20.9 Å². The van der Waals surface area contributed by atoms with Gasteiger partial charge in [-0.2, -0.15) is 0 Å². The highest BCUT2D eigenvalue weighted by Gasteiger charge is 2.32. The lowest BCUT2D eigenvalue weighted by atomic mass is 9.90. The number of carbonyl (C=O) groups is 2. The van der Waals surface area contributed by atoms with Crippen molar-refractivity contribution in [2.24, 2.45) is 0 Å². The van der Waals surface area contributed by atoms with E-state index in [1.54, 1.807) is 12.1 Å². The Kier molecular flexibility index (Phi) is 4.15. The second kappa shape index (κ2) is 6.64. The Bertz CT molecular complexity index is 1070. The number of nitrogens with two attached hydrogens (primary N) is 1. The summed E-state index contributed by atoms with van der Waals surface area (Å²) >= 11 is 0. The normalized spacial score (nSPS) is 15.9. The zero-order valence-electron chi connectivity index (χ0n) is 14.1. The zero-order chi connectivity index (χ0) is 19.0. The van der Waals surface area contributed by atoms with Crippen LogP contribution in [-0.4, -0.2) is 21.8 Å². The first-order valence-electron chi connectivity index (χ1n) is 8.28. The number of ether oxygens (including phenoxy) is 1. The quantitative estimate of drug-likeness (QED) is 0.690. The number of carbonyl (C=O) groups excluding carboxylic acids is 2. The Morgan fingerprint density at radius 3 is 2.93 bits per heavy atom. The monoisotopic (exact) mass is 366 g/mol. The summed E-state index contributed by atoms with van der Waals surface area (Å²) in [6.07, 6.45) is -0.0712. The van der Waals surface area contributed by atoms with Crippen LogP contribution < -0.4 is 11.1 Å². The molecule has 0 unspecified atom stereocenters. The lowest BCUT2D eigenvalue weighted by Crippen LogP contribution is -2.28. The van der Waals surface area contributed by atoms with Crippen molar-refractivity contribution < 1.29 is 18.7 Å². The van der Waals surface area contributed by atoms with Gasteiger partial charge >= 0.3 is 5.97 Å². The fraction of sp³-hybridized carbons (Fsp3) is 0.158. The summed E-state index contributed by atoms with van der Waals surface area (Å²) in [5.41, 5.74) is 7.36. The standard InChI is InChI=1S/C19H15FN4O3/c20-10-5-6-11-13(8-17(25)23-15(11)7-10)19(26)27-9-16-22-14-4-2-1-3-12(14)18(21)24-16/h1-7,13H,8-9H2,(H,23,25)(H2,21,22,24)/t13-/m1/s1. The van der Waals surface area contributed by atoms with E-state index in [2.05, 4.69) is 15.3 Å². The summed E-state index contributed by atoms with van der Waals surface area (Å²) < 4.78 is 18.7. The third kappa shape index (κ3) is 3.29. The third-order valence-corrected chi connectivity index (χ3v) is 4.36. The van der Waals surface area contributed by atoms with Crippen LogP contribution in [0.4, 0.5) is 15.9 Å². The molecule has 7 nitrogen and oxygen atoms in total. The summed E-state index contributed by atoms with van der Waals surface area (Å²) in [6, 6.07) is 11.1. The minimum atomic E-state index is -0.813. The minimum absolute atomic E-state index is 0.0712. The number of amides is 1. The number of nitrogens with one attached hydrogen (secondary N) is 1. The molecule has 0 saturated heterocycles. The SMILES string of the molecule is Nc1nc(COC(=O)[C@@H]2CC(=O)Nc3cc(F)ccc32)nc2ccccc12. The molecule has 27 heavy (non-hydrogen) atoms. The van der Waals surface area contributed by atoms with Gasteiger partial charge in [0, 0.05) is 17.5 Å². The van der Waals surface area contributed by atoms with E-state index in [1.165, 1.54) is 18.2 Å². The number of para-hydroxylation sites is 1. The number of rotatable bonds is 3. The van der Waals surface area contributed by atoms with Crippen molar-refractivity contribution >= 4 is 34.3 Å². The molecule has 3 N–H and O–H groups in total. The first kappa shape index (κ1) is 16.9. The van der Waals surface area contributed by atoms with Gasteiger partial charge in [0.05, 0.1) is 11.4 Å². The van der Waals surface area contributed by atoms with Crippen molar-refractivity contribution in [1.29, 1.82) is 0 Å². The number of halogens is 1. The van der Waals surface area contributed by atoms with Crippen LogP contribution in [0.25, 0.3) is 10.9 Å². The summed E-state index contributed by atoms with van der Waals surface area (Å²) in [7, 11) is 0. The molecule has 8 heteroatoms. The molecule has 0 spiro atoms. The van der Waals surface area contributed by atoms with E-state index in [-0.39, 0.29) is 30.4 Å². The highest BCUT2D eigenvalue weighted by molar-refractivity contribution is 6.00. The molecule has 1 aromatic heterocycles. The van der Waals surface area contributed by atoms with Gasteiger partial charge in [0.15, 0.2) is 12.4 Å². The third-order valence-electron chi connectivity index (χ3n) is 4.36. The summed E-state index contributed by atoms with van der Waals surface area (Å²) in [6.45, 7) is -0.178. The van der Waals surface area contributed by atoms with Crippen LogP contribution in [0.15, 0.2) is 42.5 Å². The number of nitrogen functional groups attached to an aromatic ring is 1. The number of benzene rings is 2. The molecule has 0 bridgehead atoms. The summed E-state index contributed by atoms with van der Waals surface area (Å²) in [5.74, 6) is -1.73. The smallest absolute Gasteiger partial charge is 0.314 e. The van der Waals surface area contributed by atoms with Gasteiger partial charge in [0.2, 0.25) is 5.91 Å². The van der Waals surface area contributed by atoms with Crippen LogP contribution in [0.5, 0.6) is 0 Å². The number of esters is 1. The molecule has 2 heterocycles. The largest absolute Gasteiger partial charge is 0.457 e. The van der Waals surface area contributed by atoms with Crippen molar-refractivity contribution in [3.8, 4) is 0 Å². The lowest BCUT2D eigenvalue weighted by molar-refractivity contribution is -0.148. The molecule has 0 aliphatic carbocycles. The highest BCUT2D eigenvalue weighted by atomic mass is 19.1. The van der Waals surface area contributed by atoms with Gasteiger partial charge < -0.3 is 15.8 Å². The number of fused-ring (bicyclic) bond motifs is 2. The number of nitrogens with zero attached hydrogens (tertiary/aromatic N) is 2. The van der Waals surface area contributed by atoms with E-state index in [0.717, 1.165) is 0 Å². The average molecular weight is 366 g/mol. The van der Waals surface area contributed by atoms with Gasteiger partial charge in [-0.15, -0.1) is 0 Å². The van der Waals surface area contributed by atoms with Crippen LogP contribution in [0, 0.1) is 5.82 Å². The van der Waals surface area contributed by atoms with E-state index in [4.69, 9.17) is 10.5 Å². The molecular weight excluding hydrogens is 351 g/mol. The Hall–Kier alpha value is -3.55. The molecule has 136 valence electrons. The molecule has 0 saturated carbocycles. The van der Waals surface area contributed by atoms with E-state index >= 15 is 0 Å². The second-order valence-corrected chi connectivity index (χ2v) is 6.19. The molecule has 1 atom stereocenters. The molecule has 0 fully saturated rings. The molecule has 0 radical (unpaired) electrons. The van der Waals surface area contributed by atoms with Crippen LogP contribution >= 0.6 is 0 Å². The van der Waals surface area contributed by atoms with E-state index in [0.29, 0.717) is 22.3 Å². The number of anilines is 2. The topological polar surface area (TPSA) is 107 Å². The van der Waals surface area contributed by atoms with Gasteiger partial charge in [-0.05, 0) is 29.8 Å². The van der Waals surface area contributed by atoms with Crippen LogP contribution in [0.3, 0.4) is 0 Å². The average Bonchev–Trinajstić information content (AvgIpc) is 2.65. The van der Waals surface area contributed by atoms with Gasteiger partial charge in [-0.1, -0.05) is 18.2 Å². The van der Waals surface area contributed by atoms with Gasteiger partial charge in [-0.3, -0.25) is 9.59 Å². The Balaban J connectivity index is 1.54. The van der Waals surface area contributed by atoms with Crippen molar-refractivity contribution in [3.63, 3.8) is 0 Å². The van der Waals surface area contributed by atoms with Crippen molar-refractivity contribution in [3.05, 3.63) is 59.7 Å². The lowest BCUT2D eigenvalue weighted by Gasteiger charge is -2.24. The van der Waals surface area contributed by atoms with Gasteiger partial charge in [0.25, 0.3) is 0 Å². The minimum Gasteiger partial charge on any atom is -0.457 e. The van der Waals surface area contributed by atoms with E-state index in [1.807, 2.05) is 12.1 Å². The summed E-state index contributed by atoms with van der Waals surface area (Å²) in [4.78, 5) is 32.8. The first-order valence-corrected chi connectivity index (χ1v) is 8.28. The Labute approximate surface area is 153 Å². The number of hydrogen-bond acceptors (Lipinski definition) is 6. The maximum absolute atomic E-state index is 13.4. The van der Waals surface area contributed by atoms with Gasteiger partial charge in [-0.25, -0.2) is 14.4 Å². The molecule has 4 rings (SSSR count). The van der Waals surface area contributed by atoms with Crippen molar-refractivity contribution in [2.75, 3.05) is 11.1 Å². The van der Waals surface area contributed by atoms with Crippen LogP contribution in [0.1, 0.15) is 23.7 Å². The van der Waals surface area contributed by atoms with Gasteiger partial charge in [0.1, 0.15) is 11.6 Å². The first-order chi connectivity index (χ1) is 13.0. The van der Waals surface area contributed by atoms with E-state index in [9.17, 15) is 14.0 Å². The Morgan fingerprint density at radius 1 is 1.26 bits per heavy atom. The predicted molar refractivity (Wildman–Crippen MR) is 96.1 cm³/mol. The Morgan fingerprint density at radius 2 is 2.07 bits per heavy atom. The molecule has 1 amide bonds. The predicted octanol–water partition coefficient (Wildman–Crippen LogP) is 2.52. The molecule has 2 aromatic carbocycles. The highest BCUT2D eigenvalue weighted by Crippen LogP contribution is 2.33. The molecular formula is C19H15FN4O3. The van der Waals surface area contributed by atoms with Crippen molar-refractivity contribution in [1.82, 2.24) is 9.97 Å². The van der Waals surface area contributed by atoms with E-state index < -0.39 is 17.7 Å². The molecule has 1 aliphatic rings. The van der Waals surface area contributed by atoms with Crippen LogP contribution in [0.2, 0.25) is 0 Å². The summed E-state index contributed by atoms with van der Waals surface area (Å²) in [5, 5.41) is 3.27. The maximum atomic E-state index is 13.4. The zero-order valence-corrected chi connectivity index (χ0v) is 14.1. The number of aromatic nitrogens is 2.